The first-order valence-electron chi connectivity index (χ1n) is 6.94. The molecule has 2 atom stereocenters. The van der Waals surface area contributed by atoms with Crippen molar-refractivity contribution in [3.8, 4) is 0 Å². The Kier molecular flexibility index (Phi) is 4.15. The quantitative estimate of drug-likeness (QED) is 0.882. The zero-order valence-corrected chi connectivity index (χ0v) is 12.8. The van der Waals surface area contributed by atoms with Gasteiger partial charge in [0.05, 0.1) is 0 Å². The highest BCUT2D eigenvalue weighted by Gasteiger charge is 2.40. The molecule has 1 amide bonds. The van der Waals surface area contributed by atoms with Gasteiger partial charge in [0, 0.05) is 4.90 Å². The van der Waals surface area contributed by atoms with E-state index in [0.29, 0.717) is 0 Å². The second-order valence-corrected chi connectivity index (χ2v) is 6.17. The molecule has 1 saturated heterocycles. The van der Waals surface area contributed by atoms with Crippen LogP contribution >= 0.6 is 11.8 Å². The minimum atomic E-state index is -0.818. The number of carbonyl (C=O) groups excluding carboxylic acids is 2. The molecule has 2 aromatic carbocycles. The number of alkyl carbamates (subject to hydrolysis) is 1. The predicted molar refractivity (Wildman–Crippen MR) is 84.6 cm³/mol. The largest absolute Gasteiger partial charge is 0.435 e. The van der Waals surface area contributed by atoms with E-state index in [9.17, 15) is 9.59 Å². The standard InChI is InChI=1S/C17H15NO3S/c1-11-7-9-13(10-8-11)22-16(19)15-14(18-17(20)21-15)12-5-3-2-4-6-12/h2-10,14-15H,1H3,(H,18,20)/t14-,15-/m0/s1. The van der Waals surface area contributed by atoms with Crippen LogP contribution in [0.15, 0.2) is 59.5 Å². The fourth-order valence-corrected chi connectivity index (χ4v) is 3.11. The molecule has 1 fully saturated rings. The van der Waals surface area contributed by atoms with Gasteiger partial charge in [0.2, 0.25) is 5.12 Å². The Morgan fingerprint density at radius 2 is 1.77 bits per heavy atom. The Balaban J connectivity index is 1.78. The van der Waals surface area contributed by atoms with Crippen LogP contribution in [-0.2, 0) is 9.53 Å². The molecule has 1 aliphatic rings. The summed E-state index contributed by atoms with van der Waals surface area (Å²) >= 11 is 1.09. The fraction of sp³-hybridized carbons (Fsp3) is 0.176. The van der Waals surface area contributed by atoms with Crippen molar-refractivity contribution in [3.63, 3.8) is 0 Å². The van der Waals surface area contributed by atoms with E-state index in [2.05, 4.69) is 5.32 Å². The first-order valence-corrected chi connectivity index (χ1v) is 7.75. The summed E-state index contributed by atoms with van der Waals surface area (Å²) in [5, 5.41) is 2.52. The number of benzene rings is 2. The summed E-state index contributed by atoms with van der Waals surface area (Å²) in [6.45, 7) is 1.99. The molecule has 0 bridgehead atoms. The van der Waals surface area contributed by atoms with Crippen LogP contribution in [0.3, 0.4) is 0 Å². The van der Waals surface area contributed by atoms with Crippen LogP contribution in [0.5, 0.6) is 0 Å². The van der Waals surface area contributed by atoms with Gasteiger partial charge in [-0.05, 0) is 36.4 Å². The van der Waals surface area contributed by atoms with E-state index in [-0.39, 0.29) is 5.12 Å². The van der Waals surface area contributed by atoms with Crippen molar-refractivity contribution in [2.45, 2.75) is 24.0 Å². The van der Waals surface area contributed by atoms with Crippen molar-refractivity contribution in [1.29, 1.82) is 0 Å². The third-order valence-electron chi connectivity index (χ3n) is 3.44. The van der Waals surface area contributed by atoms with Crippen LogP contribution in [-0.4, -0.2) is 17.3 Å². The smallest absolute Gasteiger partial charge is 0.408 e. The van der Waals surface area contributed by atoms with Crippen LogP contribution in [0.4, 0.5) is 4.79 Å². The number of hydrogen-bond acceptors (Lipinski definition) is 4. The van der Waals surface area contributed by atoms with E-state index in [1.807, 2.05) is 61.5 Å². The zero-order valence-electron chi connectivity index (χ0n) is 12.0. The van der Waals surface area contributed by atoms with Crippen molar-refractivity contribution in [1.82, 2.24) is 5.32 Å². The molecule has 0 aromatic heterocycles. The highest BCUT2D eigenvalue weighted by Crippen LogP contribution is 2.31. The summed E-state index contributed by atoms with van der Waals surface area (Å²) in [5.41, 5.74) is 1.99. The van der Waals surface area contributed by atoms with Crippen LogP contribution in [0.25, 0.3) is 0 Å². The third-order valence-corrected chi connectivity index (χ3v) is 4.38. The van der Waals surface area contributed by atoms with E-state index in [1.165, 1.54) is 0 Å². The lowest BCUT2D eigenvalue weighted by molar-refractivity contribution is -0.117. The molecule has 112 valence electrons. The van der Waals surface area contributed by atoms with Crippen molar-refractivity contribution in [2.24, 2.45) is 0 Å². The second-order valence-electron chi connectivity index (χ2n) is 5.09. The Labute approximate surface area is 132 Å². The SMILES string of the molecule is Cc1ccc(SC(=O)[C@H]2OC(=O)N[C@H]2c2ccccc2)cc1. The van der Waals surface area contributed by atoms with E-state index in [1.54, 1.807) is 0 Å². The summed E-state index contributed by atoms with van der Waals surface area (Å²) in [6, 6.07) is 16.6. The number of aryl methyl sites for hydroxylation is 1. The zero-order chi connectivity index (χ0) is 15.5. The number of ether oxygens (including phenoxy) is 1. The molecule has 0 unspecified atom stereocenters. The lowest BCUT2D eigenvalue weighted by Crippen LogP contribution is -2.27. The van der Waals surface area contributed by atoms with Crippen molar-refractivity contribution >= 4 is 23.0 Å². The number of cyclic esters (lactones) is 1. The van der Waals surface area contributed by atoms with E-state index < -0.39 is 18.2 Å². The minimum absolute atomic E-state index is 0.184. The Morgan fingerprint density at radius 3 is 2.45 bits per heavy atom. The van der Waals surface area contributed by atoms with Gasteiger partial charge < -0.3 is 10.1 Å². The monoisotopic (exact) mass is 313 g/mol. The molecule has 3 rings (SSSR count). The first-order chi connectivity index (χ1) is 10.6. The number of nitrogens with one attached hydrogen (secondary N) is 1. The molecule has 0 spiro atoms. The number of carbonyl (C=O) groups is 2. The number of rotatable bonds is 3. The maximum Gasteiger partial charge on any atom is 0.408 e. The third kappa shape index (κ3) is 3.14. The molecule has 5 heteroatoms. The Bertz CT molecular complexity index is 685. The second kappa shape index (κ2) is 6.23. The first kappa shape index (κ1) is 14.7. The molecule has 1 aliphatic heterocycles. The fourth-order valence-electron chi connectivity index (χ4n) is 2.30. The summed E-state index contributed by atoms with van der Waals surface area (Å²) < 4.78 is 5.17. The number of amides is 1. The Hall–Kier alpha value is -2.27. The summed E-state index contributed by atoms with van der Waals surface area (Å²) in [7, 11) is 0. The molecule has 0 aliphatic carbocycles. The van der Waals surface area contributed by atoms with Crippen LogP contribution in [0, 0.1) is 6.92 Å². The Morgan fingerprint density at radius 1 is 1.09 bits per heavy atom. The molecule has 1 N–H and O–H groups in total. The molecular formula is C17H15NO3S. The summed E-state index contributed by atoms with van der Waals surface area (Å²) in [4.78, 5) is 24.9. The molecule has 0 radical (unpaired) electrons. The highest BCUT2D eigenvalue weighted by atomic mass is 32.2. The van der Waals surface area contributed by atoms with Gasteiger partial charge in [-0.25, -0.2) is 4.79 Å². The minimum Gasteiger partial charge on any atom is -0.435 e. The van der Waals surface area contributed by atoms with E-state index in [4.69, 9.17) is 4.74 Å². The molecule has 22 heavy (non-hydrogen) atoms. The van der Waals surface area contributed by atoms with Crippen molar-refractivity contribution in [3.05, 3.63) is 65.7 Å². The van der Waals surface area contributed by atoms with Gasteiger partial charge in [-0.1, -0.05) is 48.0 Å². The molecule has 1 heterocycles. The van der Waals surface area contributed by atoms with Gasteiger partial charge in [0.1, 0.15) is 6.04 Å². The normalized spacial score (nSPS) is 20.3. The van der Waals surface area contributed by atoms with Crippen LogP contribution in [0.2, 0.25) is 0 Å². The number of hydrogen-bond donors (Lipinski definition) is 1. The van der Waals surface area contributed by atoms with Gasteiger partial charge in [-0.3, -0.25) is 4.79 Å². The lowest BCUT2D eigenvalue weighted by Gasteiger charge is -2.15. The van der Waals surface area contributed by atoms with E-state index >= 15 is 0 Å². The van der Waals surface area contributed by atoms with Crippen molar-refractivity contribution < 1.29 is 14.3 Å². The summed E-state index contributed by atoms with van der Waals surface area (Å²) in [6.07, 6.45) is -1.38. The van der Waals surface area contributed by atoms with Gasteiger partial charge in [-0.2, -0.15) is 0 Å². The molecule has 0 saturated carbocycles. The summed E-state index contributed by atoms with van der Waals surface area (Å²) in [5.74, 6) is 0. The molecule has 4 nitrogen and oxygen atoms in total. The van der Waals surface area contributed by atoms with Crippen LogP contribution in [0.1, 0.15) is 17.2 Å². The van der Waals surface area contributed by atoms with Gasteiger partial charge >= 0.3 is 6.09 Å². The van der Waals surface area contributed by atoms with E-state index in [0.717, 1.165) is 27.8 Å². The topological polar surface area (TPSA) is 55.4 Å². The van der Waals surface area contributed by atoms with Gasteiger partial charge in [0.25, 0.3) is 0 Å². The lowest BCUT2D eigenvalue weighted by atomic mass is 10.0. The van der Waals surface area contributed by atoms with Gasteiger partial charge in [-0.15, -0.1) is 0 Å². The van der Waals surface area contributed by atoms with Crippen molar-refractivity contribution in [2.75, 3.05) is 0 Å². The maximum absolute atomic E-state index is 12.5. The number of thioether (sulfide) groups is 1. The van der Waals surface area contributed by atoms with Crippen LogP contribution < -0.4 is 5.32 Å². The average Bonchev–Trinajstić information content (AvgIpc) is 2.92. The highest BCUT2D eigenvalue weighted by molar-refractivity contribution is 8.13. The predicted octanol–water partition coefficient (Wildman–Crippen LogP) is 3.46. The molecular weight excluding hydrogens is 298 g/mol. The maximum atomic E-state index is 12.5. The molecule has 2 aromatic rings. The average molecular weight is 313 g/mol. The van der Waals surface area contributed by atoms with Gasteiger partial charge in [0.15, 0.2) is 6.10 Å².